The summed E-state index contributed by atoms with van der Waals surface area (Å²) in [5, 5.41) is 7.82. The zero-order valence-corrected chi connectivity index (χ0v) is 27.1. The predicted octanol–water partition coefficient (Wildman–Crippen LogP) is 4.22. The van der Waals surface area contributed by atoms with Gasteiger partial charge >= 0.3 is 11.9 Å². The van der Waals surface area contributed by atoms with E-state index in [1.165, 1.54) is 0 Å². The molecule has 0 heterocycles. The van der Waals surface area contributed by atoms with Crippen LogP contribution in [0.4, 0.5) is 5.69 Å². The molecule has 3 N–H and O–H groups in total. The highest BCUT2D eigenvalue weighted by Gasteiger charge is 2.57. The Morgan fingerprint density at radius 2 is 1.39 bits per heavy atom. The average Bonchev–Trinajstić information content (AvgIpc) is 3.76. The molecule has 0 spiro atoms. The Morgan fingerprint density at radius 3 is 1.98 bits per heavy atom. The number of carbonyl (C=O) groups excluding carboxylic acids is 6. The van der Waals surface area contributed by atoms with Crippen LogP contribution < -0.4 is 20.7 Å². The summed E-state index contributed by atoms with van der Waals surface area (Å²) in [7, 11) is 0. The van der Waals surface area contributed by atoms with E-state index in [4.69, 9.17) is 14.2 Å². The maximum absolute atomic E-state index is 13.5. The van der Waals surface area contributed by atoms with Crippen molar-refractivity contribution in [2.45, 2.75) is 96.9 Å². The van der Waals surface area contributed by atoms with Gasteiger partial charge in [-0.2, -0.15) is 0 Å². The number of benzene rings is 2. The van der Waals surface area contributed by atoms with Gasteiger partial charge in [0.05, 0.1) is 12.5 Å². The molecule has 46 heavy (non-hydrogen) atoms. The Morgan fingerprint density at radius 1 is 0.804 bits per heavy atom. The number of rotatable bonds is 14. The molecule has 0 saturated heterocycles. The SMILES string of the molecule is CC(C)(C)OC(=O)CCC(NC(=O)C1(C(=O)NC(C=O)CC(=O)OC(C)(C)C)CC1)C(=O)Nc1cccc(Oc2ccccc2)c1. The highest BCUT2D eigenvalue weighted by molar-refractivity contribution is 6.10. The van der Waals surface area contributed by atoms with Gasteiger partial charge in [-0.25, -0.2) is 0 Å². The van der Waals surface area contributed by atoms with Crippen LogP contribution in [-0.4, -0.2) is 59.2 Å². The topological polar surface area (TPSA) is 166 Å². The largest absolute Gasteiger partial charge is 0.460 e. The molecule has 12 nitrogen and oxygen atoms in total. The first-order valence-corrected chi connectivity index (χ1v) is 15.1. The molecule has 2 unspecified atom stereocenters. The molecule has 2 atom stereocenters. The number of aldehydes is 1. The molecule has 3 rings (SSSR count). The molecule has 1 aliphatic rings. The van der Waals surface area contributed by atoms with Gasteiger partial charge in [-0.05, 0) is 85.1 Å². The van der Waals surface area contributed by atoms with Crippen molar-refractivity contribution in [2.75, 3.05) is 5.32 Å². The van der Waals surface area contributed by atoms with Crippen LogP contribution >= 0.6 is 0 Å². The van der Waals surface area contributed by atoms with Gasteiger partial charge in [0.2, 0.25) is 17.7 Å². The second kappa shape index (κ2) is 15.0. The van der Waals surface area contributed by atoms with E-state index in [2.05, 4.69) is 16.0 Å². The Balaban J connectivity index is 1.72. The zero-order chi connectivity index (χ0) is 34.1. The highest BCUT2D eigenvalue weighted by atomic mass is 16.6. The van der Waals surface area contributed by atoms with E-state index in [1.54, 1.807) is 77.9 Å². The van der Waals surface area contributed by atoms with Crippen LogP contribution in [0.1, 0.15) is 73.6 Å². The molecular formula is C34H43N3O9. The molecule has 0 radical (unpaired) electrons. The van der Waals surface area contributed by atoms with Crippen LogP contribution in [0.5, 0.6) is 11.5 Å². The van der Waals surface area contributed by atoms with Crippen molar-refractivity contribution < 1.29 is 43.0 Å². The summed E-state index contributed by atoms with van der Waals surface area (Å²) in [5.41, 5.74) is -2.69. The third-order valence-electron chi connectivity index (χ3n) is 6.67. The monoisotopic (exact) mass is 637 g/mol. The minimum Gasteiger partial charge on any atom is -0.460 e. The number of hydrogen-bond donors (Lipinski definition) is 3. The minimum absolute atomic E-state index is 0.111. The molecule has 1 aliphatic carbocycles. The normalized spacial score (nSPS) is 14.9. The third-order valence-corrected chi connectivity index (χ3v) is 6.67. The van der Waals surface area contributed by atoms with Crippen LogP contribution in [0, 0.1) is 5.41 Å². The summed E-state index contributed by atoms with van der Waals surface area (Å²) in [4.78, 5) is 76.5. The molecule has 0 bridgehead atoms. The van der Waals surface area contributed by atoms with Crippen molar-refractivity contribution in [1.29, 1.82) is 0 Å². The average molecular weight is 638 g/mol. The second-order valence-corrected chi connectivity index (χ2v) is 13.2. The van der Waals surface area contributed by atoms with Crippen LogP contribution in [0.25, 0.3) is 0 Å². The smallest absolute Gasteiger partial charge is 0.308 e. The number of amides is 3. The summed E-state index contributed by atoms with van der Waals surface area (Å²) in [6.07, 6.45) is 0.0414. The lowest BCUT2D eigenvalue weighted by Crippen LogP contribution is -2.52. The molecule has 2 aromatic rings. The lowest BCUT2D eigenvalue weighted by atomic mass is 10.0. The number of anilines is 1. The van der Waals surface area contributed by atoms with E-state index in [1.807, 2.05) is 18.2 Å². The molecule has 2 aromatic carbocycles. The first-order valence-electron chi connectivity index (χ1n) is 15.1. The maximum Gasteiger partial charge on any atom is 0.308 e. The Labute approximate surface area is 268 Å². The summed E-state index contributed by atoms with van der Waals surface area (Å²) < 4.78 is 16.4. The van der Waals surface area contributed by atoms with E-state index in [-0.39, 0.29) is 25.7 Å². The zero-order valence-electron chi connectivity index (χ0n) is 27.1. The van der Waals surface area contributed by atoms with E-state index in [0.29, 0.717) is 23.5 Å². The van der Waals surface area contributed by atoms with Gasteiger partial charge in [0.15, 0.2) is 0 Å². The lowest BCUT2D eigenvalue weighted by molar-refractivity contribution is -0.157. The van der Waals surface area contributed by atoms with Crippen molar-refractivity contribution in [3.05, 3.63) is 54.6 Å². The molecular weight excluding hydrogens is 594 g/mol. The van der Waals surface area contributed by atoms with Crippen molar-refractivity contribution in [3.63, 3.8) is 0 Å². The Bertz CT molecular complexity index is 1420. The van der Waals surface area contributed by atoms with Crippen molar-refractivity contribution in [3.8, 4) is 11.5 Å². The van der Waals surface area contributed by atoms with Gasteiger partial charge < -0.3 is 35.0 Å². The predicted molar refractivity (Wildman–Crippen MR) is 169 cm³/mol. The molecule has 248 valence electrons. The van der Waals surface area contributed by atoms with Gasteiger partial charge in [0.1, 0.15) is 40.4 Å². The summed E-state index contributed by atoms with van der Waals surface area (Å²) in [6.45, 7) is 10.2. The van der Waals surface area contributed by atoms with Gasteiger partial charge in [0, 0.05) is 18.2 Å². The fourth-order valence-electron chi connectivity index (χ4n) is 4.40. The molecule has 1 saturated carbocycles. The van der Waals surface area contributed by atoms with Crippen LogP contribution in [-0.2, 0) is 38.2 Å². The Kier molecular flexibility index (Phi) is 11.7. The fraction of sp³-hybridized carbons (Fsp3) is 0.471. The van der Waals surface area contributed by atoms with E-state index in [9.17, 15) is 28.8 Å². The summed E-state index contributed by atoms with van der Waals surface area (Å²) in [6, 6.07) is 13.3. The van der Waals surface area contributed by atoms with Crippen LogP contribution in [0.15, 0.2) is 54.6 Å². The number of esters is 2. The quantitative estimate of drug-likeness (QED) is 0.156. The molecule has 12 heteroatoms. The van der Waals surface area contributed by atoms with Crippen LogP contribution in [0.3, 0.4) is 0 Å². The maximum atomic E-state index is 13.5. The first-order chi connectivity index (χ1) is 21.5. The molecule has 1 fully saturated rings. The highest BCUT2D eigenvalue weighted by Crippen LogP contribution is 2.46. The number of carbonyl (C=O) groups is 6. The van der Waals surface area contributed by atoms with E-state index < -0.39 is 64.8 Å². The van der Waals surface area contributed by atoms with Crippen molar-refractivity contribution >= 4 is 41.6 Å². The van der Waals surface area contributed by atoms with Crippen molar-refractivity contribution in [1.82, 2.24) is 10.6 Å². The van der Waals surface area contributed by atoms with Gasteiger partial charge in [-0.15, -0.1) is 0 Å². The number of ether oxygens (including phenoxy) is 3. The fourth-order valence-corrected chi connectivity index (χ4v) is 4.40. The number of nitrogens with one attached hydrogen (secondary N) is 3. The first kappa shape index (κ1) is 35.7. The van der Waals surface area contributed by atoms with Crippen LogP contribution in [0.2, 0.25) is 0 Å². The molecule has 0 aliphatic heterocycles. The Hall–Kier alpha value is -4.74. The summed E-state index contributed by atoms with van der Waals surface area (Å²) >= 11 is 0. The van der Waals surface area contributed by atoms with E-state index >= 15 is 0 Å². The second-order valence-electron chi connectivity index (χ2n) is 13.2. The number of para-hydroxylation sites is 1. The standard InChI is InChI=1S/C34H43N3O9/c1-32(2,3)45-27(39)16-15-26(29(41)35-22-11-10-14-25(19-22)44-24-12-8-7-9-13-24)37-31(43)34(17-18-34)30(42)36-23(21-38)20-28(40)46-33(4,5)6/h7-14,19,21,23,26H,15-18,20H2,1-6H3,(H,35,41)(H,36,42)(H,37,43). The summed E-state index contributed by atoms with van der Waals surface area (Å²) in [5.74, 6) is -2.29. The van der Waals surface area contributed by atoms with Gasteiger partial charge in [-0.3, -0.25) is 24.0 Å². The van der Waals surface area contributed by atoms with E-state index in [0.717, 1.165) is 0 Å². The van der Waals surface area contributed by atoms with Crippen molar-refractivity contribution in [2.24, 2.45) is 5.41 Å². The van der Waals surface area contributed by atoms with Gasteiger partial charge in [0.25, 0.3) is 0 Å². The molecule has 3 amide bonds. The minimum atomic E-state index is -1.54. The third kappa shape index (κ3) is 11.3. The number of hydrogen-bond acceptors (Lipinski definition) is 9. The van der Waals surface area contributed by atoms with Gasteiger partial charge in [-0.1, -0.05) is 24.3 Å². The lowest BCUT2D eigenvalue weighted by Gasteiger charge is -2.24. The molecule has 0 aromatic heterocycles.